The molecule has 116 valence electrons. The molecule has 0 radical (unpaired) electrons. The zero-order chi connectivity index (χ0) is 16.2. The highest BCUT2D eigenvalue weighted by Crippen LogP contribution is 2.29. The number of nitrogens with one attached hydrogen (secondary N) is 2. The van der Waals surface area contributed by atoms with Crippen LogP contribution in [0, 0.1) is 5.82 Å². The minimum absolute atomic E-state index is 0.250. The molecule has 2 N–H and O–H groups in total. The number of urea groups is 1. The fraction of sp³-hybridized carbons (Fsp3) is 0.0588. The van der Waals surface area contributed by atoms with E-state index in [-0.39, 0.29) is 18.4 Å². The molecule has 1 heterocycles. The van der Waals surface area contributed by atoms with E-state index >= 15 is 0 Å². The van der Waals surface area contributed by atoms with Gasteiger partial charge in [-0.1, -0.05) is 28.1 Å². The Morgan fingerprint density at radius 2 is 2.04 bits per heavy atom. The number of carbonyl (C=O) groups excluding carboxylic acids is 1. The number of aromatic nitrogens is 1. The average Bonchev–Trinajstić information content (AvgIpc) is 2.56. The predicted octanol–water partition coefficient (Wildman–Crippen LogP) is 4.46. The highest BCUT2D eigenvalue weighted by atomic mass is 79.9. The van der Waals surface area contributed by atoms with Gasteiger partial charge in [0.2, 0.25) is 0 Å². The molecule has 3 aromatic rings. The fourth-order valence-corrected chi connectivity index (χ4v) is 2.71. The second-order valence-electron chi connectivity index (χ2n) is 4.95. The van der Waals surface area contributed by atoms with Gasteiger partial charge in [-0.3, -0.25) is 4.98 Å². The number of carbonyl (C=O) groups is 1. The standard InChI is InChI=1S/C17H13BrFN3O/c18-15-4-5-16(13-6-7-20-10-14(13)15)22-17(23)21-9-11-2-1-3-12(19)8-11/h1-8,10H,9H2,(H2,21,22,23). The summed E-state index contributed by atoms with van der Waals surface area (Å²) in [5.74, 6) is -0.323. The Morgan fingerprint density at radius 1 is 1.17 bits per heavy atom. The summed E-state index contributed by atoms with van der Waals surface area (Å²) in [6, 6.07) is 11.3. The second kappa shape index (κ2) is 6.75. The van der Waals surface area contributed by atoms with Crippen molar-refractivity contribution < 1.29 is 9.18 Å². The number of fused-ring (bicyclic) bond motifs is 1. The molecule has 2 aromatic carbocycles. The lowest BCUT2D eigenvalue weighted by molar-refractivity contribution is 0.251. The Hall–Kier alpha value is -2.47. The average molecular weight is 374 g/mol. The van der Waals surface area contributed by atoms with Crippen LogP contribution in [0.5, 0.6) is 0 Å². The van der Waals surface area contributed by atoms with Crippen molar-refractivity contribution in [1.29, 1.82) is 0 Å². The summed E-state index contributed by atoms with van der Waals surface area (Å²) >= 11 is 3.46. The van der Waals surface area contributed by atoms with E-state index in [9.17, 15) is 9.18 Å². The maximum absolute atomic E-state index is 13.1. The van der Waals surface area contributed by atoms with Crippen LogP contribution in [0.1, 0.15) is 5.56 Å². The van der Waals surface area contributed by atoms with Crippen LogP contribution < -0.4 is 10.6 Å². The number of anilines is 1. The van der Waals surface area contributed by atoms with Crippen molar-refractivity contribution >= 4 is 38.4 Å². The molecule has 0 saturated carbocycles. The second-order valence-corrected chi connectivity index (χ2v) is 5.81. The quantitative estimate of drug-likeness (QED) is 0.711. The number of hydrogen-bond donors (Lipinski definition) is 2. The first kappa shape index (κ1) is 15.4. The topological polar surface area (TPSA) is 54.0 Å². The predicted molar refractivity (Wildman–Crippen MR) is 91.7 cm³/mol. The van der Waals surface area contributed by atoms with E-state index in [1.807, 2.05) is 18.2 Å². The molecule has 0 aliphatic heterocycles. The van der Waals surface area contributed by atoms with E-state index in [1.165, 1.54) is 12.1 Å². The first-order valence-corrected chi connectivity index (χ1v) is 7.74. The molecule has 0 spiro atoms. The molecule has 0 unspecified atom stereocenters. The fourth-order valence-electron chi connectivity index (χ4n) is 2.26. The Balaban J connectivity index is 1.72. The van der Waals surface area contributed by atoms with Gasteiger partial charge in [0.1, 0.15) is 5.82 Å². The number of hydrogen-bond acceptors (Lipinski definition) is 2. The van der Waals surface area contributed by atoms with Gasteiger partial charge in [-0.15, -0.1) is 0 Å². The lowest BCUT2D eigenvalue weighted by Crippen LogP contribution is -2.28. The van der Waals surface area contributed by atoms with E-state index in [0.29, 0.717) is 11.3 Å². The SMILES string of the molecule is O=C(NCc1cccc(F)c1)Nc1ccc(Br)c2cnccc12. The minimum atomic E-state index is -0.352. The number of pyridine rings is 1. The van der Waals surface area contributed by atoms with Crippen molar-refractivity contribution in [3.63, 3.8) is 0 Å². The van der Waals surface area contributed by atoms with Crippen LogP contribution >= 0.6 is 15.9 Å². The normalized spacial score (nSPS) is 10.5. The summed E-state index contributed by atoms with van der Waals surface area (Å²) < 4.78 is 14.0. The first-order chi connectivity index (χ1) is 11.1. The largest absolute Gasteiger partial charge is 0.334 e. The summed E-state index contributed by atoms with van der Waals surface area (Å²) in [4.78, 5) is 16.1. The number of nitrogens with zero attached hydrogens (tertiary/aromatic N) is 1. The van der Waals surface area contributed by atoms with Gasteiger partial charge >= 0.3 is 6.03 Å². The molecule has 0 atom stereocenters. The summed E-state index contributed by atoms with van der Waals surface area (Å²) in [6.07, 6.45) is 3.40. The van der Waals surface area contributed by atoms with E-state index in [0.717, 1.165) is 15.2 Å². The summed E-state index contributed by atoms with van der Waals surface area (Å²) in [5, 5.41) is 7.31. The molecule has 4 nitrogen and oxygen atoms in total. The van der Waals surface area contributed by atoms with Gasteiger partial charge in [-0.05, 0) is 35.9 Å². The van der Waals surface area contributed by atoms with Crippen LogP contribution in [0.25, 0.3) is 10.8 Å². The molecular formula is C17H13BrFN3O. The maximum Gasteiger partial charge on any atom is 0.319 e. The number of halogens is 2. The Kier molecular flexibility index (Phi) is 4.52. The van der Waals surface area contributed by atoms with Crippen molar-refractivity contribution in [3.05, 3.63) is 70.7 Å². The van der Waals surface area contributed by atoms with Gasteiger partial charge in [0.15, 0.2) is 0 Å². The van der Waals surface area contributed by atoms with Crippen molar-refractivity contribution in [2.24, 2.45) is 0 Å². The van der Waals surface area contributed by atoms with Crippen LogP contribution in [0.15, 0.2) is 59.3 Å². The summed E-state index contributed by atoms with van der Waals surface area (Å²) in [6.45, 7) is 0.250. The van der Waals surface area contributed by atoms with Gasteiger partial charge in [-0.25, -0.2) is 9.18 Å². The van der Waals surface area contributed by atoms with Crippen molar-refractivity contribution in [3.8, 4) is 0 Å². The number of rotatable bonds is 3. The molecule has 0 fully saturated rings. The van der Waals surface area contributed by atoms with Gasteiger partial charge in [0.25, 0.3) is 0 Å². The van der Waals surface area contributed by atoms with E-state index in [2.05, 4.69) is 31.5 Å². The van der Waals surface area contributed by atoms with Crippen LogP contribution in [-0.4, -0.2) is 11.0 Å². The smallest absolute Gasteiger partial charge is 0.319 e. The lowest BCUT2D eigenvalue weighted by Gasteiger charge is -2.11. The minimum Gasteiger partial charge on any atom is -0.334 e. The third-order valence-corrected chi connectivity index (χ3v) is 4.05. The van der Waals surface area contributed by atoms with Crippen molar-refractivity contribution in [1.82, 2.24) is 10.3 Å². The number of amides is 2. The molecule has 23 heavy (non-hydrogen) atoms. The molecule has 3 rings (SSSR count). The van der Waals surface area contributed by atoms with Crippen molar-refractivity contribution in [2.75, 3.05) is 5.32 Å². The zero-order valence-corrected chi connectivity index (χ0v) is 13.6. The van der Waals surface area contributed by atoms with E-state index in [4.69, 9.17) is 0 Å². The third kappa shape index (κ3) is 3.65. The summed E-state index contributed by atoms with van der Waals surface area (Å²) in [5.41, 5.74) is 1.38. The molecule has 2 amide bonds. The van der Waals surface area contributed by atoms with Crippen LogP contribution in [0.4, 0.5) is 14.9 Å². The van der Waals surface area contributed by atoms with Gasteiger partial charge in [-0.2, -0.15) is 0 Å². The Bertz CT molecular complexity index is 869. The van der Waals surface area contributed by atoms with Crippen LogP contribution in [0.2, 0.25) is 0 Å². The zero-order valence-electron chi connectivity index (χ0n) is 12.0. The Labute approximate surface area is 140 Å². The molecular weight excluding hydrogens is 361 g/mol. The van der Waals surface area contributed by atoms with Crippen LogP contribution in [0.3, 0.4) is 0 Å². The molecule has 0 bridgehead atoms. The van der Waals surface area contributed by atoms with Crippen LogP contribution in [-0.2, 0) is 6.54 Å². The monoisotopic (exact) mass is 373 g/mol. The van der Waals surface area contributed by atoms with Crippen molar-refractivity contribution in [2.45, 2.75) is 6.54 Å². The van der Waals surface area contributed by atoms with Gasteiger partial charge < -0.3 is 10.6 Å². The highest BCUT2D eigenvalue weighted by molar-refractivity contribution is 9.10. The van der Waals surface area contributed by atoms with E-state index in [1.54, 1.807) is 24.5 Å². The number of benzene rings is 2. The maximum atomic E-state index is 13.1. The lowest BCUT2D eigenvalue weighted by atomic mass is 10.1. The van der Waals surface area contributed by atoms with Gasteiger partial charge in [0.05, 0.1) is 5.69 Å². The third-order valence-electron chi connectivity index (χ3n) is 3.36. The molecule has 0 aliphatic rings. The first-order valence-electron chi connectivity index (χ1n) is 6.95. The van der Waals surface area contributed by atoms with Gasteiger partial charge in [0, 0.05) is 34.2 Å². The Morgan fingerprint density at radius 3 is 2.87 bits per heavy atom. The molecule has 0 saturated heterocycles. The summed E-state index contributed by atoms with van der Waals surface area (Å²) in [7, 11) is 0. The van der Waals surface area contributed by atoms with E-state index < -0.39 is 0 Å². The highest BCUT2D eigenvalue weighted by Gasteiger charge is 2.08. The molecule has 1 aromatic heterocycles. The molecule has 6 heteroatoms. The molecule has 0 aliphatic carbocycles.